The molecule has 3 heterocycles. The molecule has 1 aliphatic rings. The van der Waals surface area contributed by atoms with Crippen LogP contribution < -0.4 is 5.56 Å². The molecule has 0 aliphatic carbocycles. The van der Waals surface area contributed by atoms with Gasteiger partial charge in [-0.3, -0.25) is 9.69 Å². The SMILES string of the molecule is CCc1ccc2[nH]c(=O)c([C@H](c3nnnn3C(C)(C)C)N(Cc3ccc(Cl)cc3)C[C@@H]3CCCO3)cc2c1. The van der Waals surface area contributed by atoms with E-state index >= 15 is 0 Å². The van der Waals surface area contributed by atoms with Crippen LogP contribution >= 0.6 is 11.6 Å². The summed E-state index contributed by atoms with van der Waals surface area (Å²) >= 11 is 6.19. The molecular weight excluding hydrogens is 500 g/mol. The van der Waals surface area contributed by atoms with Crippen molar-refractivity contribution in [3.63, 3.8) is 0 Å². The minimum absolute atomic E-state index is 0.0648. The average Bonchev–Trinajstić information content (AvgIpc) is 3.58. The summed E-state index contributed by atoms with van der Waals surface area (Å²) in [4.78, 5) is 19.1. The second-order valence-electron chi connectivity index (χ2n) is 11.0. The summed E-state index contributed by atoms with van der Waals surface area (Å²) < 4.78 is 7.89. The van der Waals surface area contributed by atoms with Crippen LogP contribution in [0.3, 0.4) is 0 Å². The molecule has 1 fully saturated rings. The van der Waals surface area contributed by atoms with Crippen molar-refractivity contribution in [1.29, 1.82) is 0 Å². The van der Waals surface area contributed by atoms with Gasteiger partial charge in [0.05, 0.1) is 11.6 Å². The number of nitrogens with zero attached hydrogens (tertiary/aromatic N) is 5. The molecule has 1 aliphatic heterocycles. The van der Waals surface area contributed by atoms with Gasteiger partial charge in [0.25, 0.3) is 5.56 Å². The third-order valence-electron chi connectivity index (χ3n) is 7.14. The first-order chi connectivity index (χ1) is 18.2. The van der Waals surface area contributed by atoms with E-state index in [0.29, 0.717) is 29.5 Å². The number of aromatic amines is 1. The molecule has 1 N–H and O–H groups in total. The first-order valence-electron chi connectivity index (χ1n) is 13.3. The van der Waals surface area contributed by atoms with Crippen LogP contribution in [-0.4, -0.2) is 49.3 Å². The number of ether oxygens (including phenoxy) is 1. The van der Waals surface area contributed by atoms with Crippen molar-refractivity contribution in [2.75, 3.05) is 13.2 Å². The van der Waals surface area contributed by atoms with Crippen LogP contribution in [0.1, 0.15) is 69.1 Å². The topological polar surface area (TPSA) is 88.9 Å². The zero-order chi connectivity index (χ0) is 26.9. The molecule has 0 saturated carbocycles. The summed E-state index contributed by atoms with van der Waals surface area (Å²) in [5.74, 6) is 0.626. The van der Waals surface area contributed by atoms with Gasteiger partial charge in [-0.25, -0.2) is 4.68 Å². The Labute approximate surface area is 228 Å². The maximum atomic E-state index is 13.7. The van der Waals surface area contributed by atoms with E-state index in [0.717, 1.165) is 42.3 Å². The largest absolute Gasteiger partial charge is 0.377 e. The van der Waals surface area contributed by atoms with Crippen molar-refractivity contribution < 1.29 is 4.74 Å². The predicted octanol–water partition coefficient (Wildman–Crippen LogP) is 5.26. The Morgan fingerprint density at radius 2 is 1.92 bits per heavy atom. The van der Waals surface area contributed by atoms with Crippen LogP contribution in [0.25, 0.3) is 10.9 Å². The predicted molar refractivity (Wildman–Crippen MR) is 149 cm³/mol. The number of hydrogen-bond acceptors (Lipinski definition) is 6. The molecule has 0 unspecified atom stereocenters. The maximum absolute atomic E-state index is 13.7. The molecule has 9 heteroatoms. The number of H-pyrrole nitrogens is 1. The van der Waals surface area contributed by atoms with Crippen molar-refractivity contribution in [2.45, 2.75) is 71.2 Å². The second kappa shape index (κ2) is 11.0. The molecule has 38 heavy (non-hydrogen) atoms. The quantitative estimate of drug-likeness (QED) is 0.332. The van der Waals surface area contributed by atoms with Crippen molar-refractivity contribution >= 4 is 22.5 Å². The fourth-order valence-electron chi connectivity index (χ4n) is 5.17. The normalized spacial score (nSPS) is 16.9. The highest BCUT2D eigenvalue weighted by molar-refractivity contribution is 6.30. The van der Waals surface area contributed by atoms with E-state index in [9.17, 15) is 4.79 Å². The Kier molecular flexibility index (Phi) is 7.66. The van der Waals surface area contributed by atoms with Gasteiger partial charge in [0.1, 0.15) is 6.04 Å². The van der Waals surface area contributed by atoms with Crippen LogP contribution in [0.5, 0.6) is 0 Å². The van der Waals surface area contributed by atoms with E-state index in [2.05, 4.69) is 65.2 Å². The highest BCUT2D eigenvalue weighted by Gasteiger charge is 2.35. The Bertz CT molecular complexity index is 1450. The molecule has 0 amide bonds. The summed E-state index contributed by atoms with van der Waals surface area (Å²) in [5, 5.41) is 14.6. The van der Waals surface area contributed by atoms with Gasteiger partial charge >= 0.3 is 0 Å². The molecular formula is C29H35ClN6O2. The fraction of sp³-hybridized carbons (Fsp3) is 0.448. The molecule has 0 radical (unpaired) electrons. The van der Waals surface area contributed by atoms with Crippen LogP contribution in [0.15, 0.2) is 53.3 Å². The number of nitrogens with one attached hydrogen (secondary N) is 1. The summed E-state index contributed by atoms with van der Waals surface area (Å²) in [6.45, 7) is 10.3. The third-order valence-corrected chi connectivity index (χ3v) is 7.39. The fourth-order valence-corrected chi connectivity index (χ4v) is 5.30. The molecule has 0 spiro atoms. The van der Waals surface area contributed by atoms with Gasteiger partial charge in [0.2, 0.25) is 0 Å². The summed E-state index contributed by atoms with van der Waals surface area (Å²) in [5.41, 5.74) is 3.18. The zero-order valence-corrected chi connectivity index (χ0v) is 23.2. The van der Waals surface area contributed by atoms with Crippen molar-refractivity contribution in [2.24, 2.45) is 0 Å². The lowest BCUT2D eigenvalue weighted by atomic mass is 9.99. The van der Waals surface area contributed by atoms with E-state index in [4.69, 9.17) is 16.3 Å². The summed E-state index contributed by atoms with van der Waals surface area (Å²) in [6.07, 6.45) is 2.98. The van der Waals surface area contributed by atoms with Crippen molar-refractivity contribution in [3.05, 3.63) is 86.4 Å². The van der Waals surface area contributed by atoms with Crippen molar-refractivity contribution in [3.8, 4) is 0 Å². The molecule has 8 nitrogen and oxygen atoms in total. The van der Waals surface area contributed by atoms with Crippen molar-refractivity contribution in [1.82, 2.24) is 30.1 Å². The van der Waals surface area contributed by atoms with E-state index in [1.807, 2.05) is 41.1 Å². The lowest BCUT2D eigenvalue weighted by Gasteiger charge is -2.34. The Hall–Kier alpha value is -3.07. The van der Waals surface area contributed by atoms with E-state index in [-0.39, 0.29) is 17.2 Å². The molecule has 1 saturated heterocycles. The second-order valence-corrected chi connectivity index (χ2v) is 11.5. The molecule has 2 aromatic carbocycles. The molecule has 0 bridgehead atoms. The van der Waals surface area contributed by atoms with Gasteiger partial charge in [0.15, 0.2) is 5.82 Å². The maximum Gasteiger partial charge on any atom is 0.253 e. The summed E-state index contributed by atoms with van der Waals surface area (Å²) in [7, 11) is 0. The Balaban J connectivity index is 1.69. The van der Waals surface area contributed by atoms with Gasteiger partial charge in [-0.2, -0.15) is 0 Å². The summed E-state index contributed by atoms with van der Waals surface area (Å²) in [6, 6.07) is 15.5. The van der Waals surface area contributed by atoms with Gasteiger partial charge in [-0.05, 0) is 97.3 Å². The Morgan fingerprint density at radius 1 is 1.16 bits per heavy atom. The average molecular weight is 535 g/mol. The van der Waals surface area contributed by atoms with E-state index in [1.54, 1.807) is 0 Å². The van der Waals surface area contributed by atoms with Crippen LogP contribution in [0.4, 0.5) is 0 Å². The highest BCUT2D eigenvalue weighted by Crippen LogP contribution is 2.32. The number of aromatic nitrogens is 5. The highest BCUT2D eigenvalue weighted by atomic mass is 35.5. The standard InChI is InChI=1S/C29H35ClN6O2/c1-5-19-10-13-25-21(15-19)16-24(28(37)31-25)26(27-32-33-34-36(27)29(2,3)4)35(18-23-7-6-14-38-23)17-20-8-11-22(30)12-9-20/h8-13,15-16,23,26H,5-7,14,17-18H2,1-4H3,(H,31,37)/t23-,26+/m0/s1. The molecule has 5 rings (SSSR count). The number of tetrazole rings is 1. The van der Waals surface area contributed by atoms with Crippen LogP contribution in [-0.2, 0) is 23.2 Å². The van der Waals surface area contributed by atoms with Gasteiger partial charge in [-0.1, -0.05) is 36.7 Å². The number of halogens is 1. The smallest absolute Gasteiger partial charge is 0.253 e. The van der Waals surface area contributed by atoms with Crippen LogP contribution in [0, 0.1) is 0 Å². The van der Waals surface area contributed by atoms with Gasteiger partial charge < -0.3 is 9.72 Å². The minimum atomic E-state index is -0.498. The molecule has 2 atom stereocenters. The molecule has 4 aromatic rings. The number of rotatable bonds is 8. The number of benzene rings is 2. The van der Waals surface area contributed by atoms with E-state index in [1.165, 1.54) is 5.56 Å². The van der Waals surface area contributed by atoms with E-state index < -0.39 is 6.04 Å². The zero-order valence-electron chi connectivity index (χ0n) is 22.4. The van der Waals surface area contributed by atoms with Gasteiger partial charge in [0, 0.05) is 35.8 Å². The lowest BCUT2D eigenvalue weighted by Crippen LogP contribution is -2.40. The lowest BCUT2D eigenvalue weighted by molar-refractivity contribution is 0.0564. The monoisotopic (exact) mass is 534 g/mol. The first-order valence-corrected chi connectivity index (χ1v) is 13.7. The first kappa shape index (κ1) is 26.5. The number of pyridine rings is 1. The molecule has 2 aromatic heterocycles. The van der Waals surface area contributed by atoms with Gasteiger partial charge in [-0.15, -0.1) is 5.10 Å². The number of aryl methyl sites for hydroxylation is 1. The Morgan fingerprint density at radius 3 is 2.61 bits per heavy atom. The number of hydrogen-bond donors (Lipinski definition) is 1. The molecule has 200 valence electrons. The number of fused-ring (bicyclic) bond motifs is 1. The van der Waals surface area contributed by atoms with Crippen LogP contribution in [0.2, 0.25) is 5.02 Å². The third kappa shape index (κ3) is 5.67. The minimum Gasteiger partial charge on any atom is -0.377 e.